The largest absolute Gasteiger partial charge is 0.435 e. The first kappa shape index (κ1) is 19.1. The highest BCUT2D eigenvalue weighted by molar-refractivity contribution is 6.30. The van der Waals surface area contributed by atoms with Gasteiger partial charge in [-0.2, -0.15) is 8.78 Å². The number of benzene rings is 2. The lowest BCUT2D eigenvalue weighted by Crippen LogP contribution is -3.12. The van der Waals surface area contributed by atoms with Crippen LogP contribution in [0.3, 0.4) is 0 Å². The maximum absolute atomic E-state index is 12.3. The molecule has 0 aliphatic rings. The SMILES string of the molecule is C[C@@H](C(=O)Nc1ccc(Cl)cc1)[NH+](C)Cc1ccc(OC(F)F)cc1. The molecular weight excluding hydrogens is 350 g/mol. The molecule has 1 unspecified atom stereocenters. The summed E-state index contributed by atoms with van der Waals surface area (Å²) in [5.41, 5.74) is 1.60. The monoisotopic (exact) mass is 369 g/mol. The van der Waals surface area contributed by atoms with E-state index in [1.54, 1.807) is 36.4 Å². The van der Waals surface area contributed by atoms with Crippen LogP contribution >= 0.6 is 11.6 Å². The van der Waals surface area contributed by atoms with Crippen molar-refractivity contribution in [1.29, 1.82) is 0 Å². The van der Waals surface area contributed by atoms with Crippen LogP contribution in [0.25, 0.3) is 0 Å². The number of quaternary nitrogens is 1. The lowest BCUT2D eigenvalue weighted by atomic mass is 10.1. The van der Waals surface area contributed by atoms with E-state index in [-0.39, 0.29) is 17.7 Å². The standard InChI is InChI=1S/C18H19ClF2N2O2/c1-12(17(24)22-15-7-5-14(19)6-8-15)23(2)11-13-3-9-16(10-4-13)25-18(20)21/h3-10,12,18H,11H2,1-2H3,(H,22,24)/p+1/t12-/m0/s1. The van der Waals surface area contributed by atoms with Crippen LogP contribution in [0, 0.1) is 0 Å². The van der Waals surface area contributed by atoms with Gasteiger partial charge in [0.15, 0.2) is 6.04 Å². The van der Waals surface area contributed by atoms with Gasteiger partial charge in [0.25, 0.3) is 5.91 Å². The molecular formula is C18H20ClF2N2O2+. The van der Waals surface area contributed by atoms with Crippen molar-refractivity contribution in [2.45, 2.75) is 26.1 Å². The van der Waals surface area contributed by atoms with E-state index in [0.29, 0.717) is 17.3 Å². The zero-order chi connectivity index (χ0) is 18.4. The highest BCUT2D eigenvalue weighted by atomic mass is 35.5. The summed E-state index contributed by atoms with van der Waals surface area (Å²) in [6.45, 7) is -0.435. The van der Waals surface area contributed by atoms with Crippen molar-refractivity contribution in [3.63, 3.8) is 0 Å². The summed E-state index contributed by atoms with van der Waals surface area (Å²) < 4.78 is 28.6. The minimum Gasteiger partial charge on any atom is -0.435 e. The fraction of sp³-hybridized carbons (Fsp3) is 0.278. The van der Waals surface area contributed by atoms with Crippen LogP contribution in [-0.2, 0) is 11.3 Å². The second-order valence-electron chi connectivity index (χ2n) is 5.76. The van der Waals surface area contributed by atoms with Crippen LogP contribution in [0.1, 0.15) is 12.5 Å². The summed E-state index contributed by atoms with van der Waals surface area (Å²) in [6, 6.07) is 13.0. The van der Waals surface area contributed by atoms with Crippen LogP contribution in [0.2, 0.25) is 5.02 Å². The maximum Gasteiger partial charge on any atom is 0.387 e. The van der Waals surface area contributed by atoms with Gasteiger partial charge in [-0.1, -0.05) is 11.6 Å². The average molecular weight is 370 g/mol. The van der Waals surface area contributed by atoms with Crippen molar-refractivity contribution in [3.05, 3.63) is 59.1 Å². The van der Waals surface area contributed by atoms with Crippen molar-refractivity contribution in [1.82, 2.24) is 0 Å². The molecule has 1 amide bonds. The van der Waals surface area contributed by atoms with Gasteiger partial charge in [-0.05, 0) is 55.5 Å². The smallest absolute Gasteiger partial charge is 0.387 e. The number of anilines is 1. The maximum atomic E-state index is 12.3. The van der Waals surface area contributed by atoms with Crippen molar-refractivity contribution in [2.75, 3.05) is 12.4 Å². The Labute approximate surface area is 150 Å². The summed E-state index contributed by atoms with van der Waals surface area (Å²) in [6.07, 6.45) is 0. The predicted molar refractivity (Wildman–Crippen MR) is 93.2 cm³/mol. The molecule has 0 fully saturated rings. The summed E-state index contributed by atoms with van der Waals surface area (Å²) in [4.78, 5) is 13.3. The molecule has 0 spiro atoms. The first-order valence-corrected chi connectivity index (χ1v) is 8.15. The molecule has 2 rings (SSSR count). The Hall–Kier alpha value is -2.18. The zero-order valence-electron chi connectivity index (χ0n) is 13.9. The highest BCUT2D eigenvalue weighted by Crippen LogP contribution is 2.15. The number of alkyl halides is 2. The van der Waals surface area contributed by atoms with Gasteiger partial charge in [-0.15, -0.1) is 0 Å². The van der Waals surface area contributed by atoms with Crippen molar-refractivity contribution < 1.29 is 23.2 Å². The highest BCUT2D eigenvalue weighted by Gasteiger charge is 2.22. The van der Waals surface area contributed by atoms with E-state index in [1.165, 1.54) is 12.1 Å². The second kappa shape index (κ2) is 8.78. The molecule has 0 aliphatic heterocycles. The number of likely N-dealkylation sites (N-methyl/N-ethyl adjacent to an activating group) is 1. The Kier molecular flexibility index (Phi) is 6.73. The topological polar surface area (TPSA) is 42.8 Å². The number of rotatable bonds is 7. The molecule has 2 aromatic rings. The molecule has 0 bridgehead atoms. The molecule has 2 N–H and O–H groups in total. The third kappa shape index (κ3) is 5.99. The van der Waals surface area contributed by atoms with Crippen molar-refractivity contribution in [3.8, 4) is 5.75 Å². The van der Waals surface area contributed by atoms with E-state index in [9.17, 15) is 13.6 Å². The fourth-order valence-electron chi connectivity index (χ4n) is 2.27. The first-order chi connectivity index (χ1) is 11.8. The van der Waals surface area contributed by atoms with E-state index in [4.69, 9.17) is 11.6 Å². The summed E-state index contributed by atoms with van der Waals surface area (Å²) >= 11 is 5.82. The van der Waals surface area contributed by atoms with Gasteiger partial charge in [0, 0.05) is 16.3 Å². The molecule has 2 aromatic carbocycles. The van der Waals surface area contributed by atoms with Crippen LogP contribution in [-0.4, -0.2) is 25.6 Å². The average Bonchev–Trinajstić information content (AvgIpc) is 2.57. The third-order valence-corrected chi connectivity index (χ3v) is 4.13. The predicted octanol–water partition coefficient (Wildman–Crippen LogP) is 2.98. The van der Waals surface area contributed by atoms with Crippen molar-refractivity contribution >= 4 is 23.2 Å². The molecule has 0 aromatic heterocycles. The molecule has 2 atom stereocenters. The molecule has 7 heteroatoms. The van der Waals surface area contributed by atoms with Crippen molar-refractivity contribution in [2.24, 2.45) is 0 Å². The van der Waals surface area contributed by atoms with Crippen LogP contribution < -0.4 is 15.0 Å². The van der Waals surface area contributed by atoms with Crippen LogP contribution in [0.15, 0.2) is 48.5 Å². The third-order valence-electron chi connectivity index (χ3n) is 3.88. The van der Waals surface area contributed by atoms with E-state index in [2.05, 4.69) is 10.1 Å². The quantitative estimate of drug-likeness (QED) is 0.788. The zero-order valence-corrected chi connectivity index (χ0v) is 14.7. The molecule has 134 valence electrons. The minimum atomic E-state index is -2.84. The Balaban J connectivity index is 1.91. The number of amides is 1. The fourth-order valence-corrected chi connectivity index (χ4v) is 2.40. The van der Waals surface area contributed by atoms with Gasteiger partial charge in [0.1, 0.15) is 12.3 Å². The molecule has 0 saturated heterocycles. The van der Waals surface area contributed by atoms with Gasteiger partial charge in [-0.25, -0.2) is 0 Å². The van der Waals surface area contributed by atoms with E-state index in [0.717, 1.165) is 10.5 Å². The first-order valence-electron chi connectivity index (χ1n) is 7.77. The van der Waals surface area contributed by atoms with E-state index < -0.39 is 6.61 Å². The van der Waals surface area contributed by atoms with E-state index >= 15 is 0 Å². The number of carbonyl (C=O) groups is 1. The molecule has 4 nitrogen and oxygen atoms in total. The number of nitrogens with one attached hydrogen (secondary N) is 2. The van der Waals surface area contributed by atoms with Gasteiger partial charge >= 0.3 is 6.61 Å². The number of halogens is 3. The lowest BCUT2D eigenvalue weighted by Gasteiger charge is -2.21. The Morgan fingerprint density at radius 3 is 2.32 bits per heavy atom. The van der Waals surface area contributed by atoms with E-state index in [1.807, 2.05) is 14.0 Å². The number of ether oxygens (including phenoxy) is 1. The van der Waals surface area contributed by atoms with Gasteiger partial charge in [0.2, 0.25) is 0 Å². The molecule has 25 heavy (non-hydrogen) atoms. The second-order valence-corrected chi connectivity index (χ2v) is 6.20. The minimum absolute atomic E-state index is 0.113. The normalized spacial score (nSPS) is 13.4. The summed E-state index contributed by atoms with van der Waals surface area (Å²) in [5, 5.41) is 3.45. The Bertz CT molecular complexity index is 693. The molecule has 0 heterocycles. The Morgan fingerprint density at radius 2 is 1.76 bits per heavy atom. The lowest BCUT2D eigenvalue weighted by molar-refractivity contribution is -0.907. The number of carbonyl (C=O) groups excluding carboxylic acids is 1. The summed E-state index contributed by atoms with van der Waals surface area (Å²) in [7, 11) is 1.90. The Morgan fingerprint density at radius 1 is 1.16 bits per heavy atom. The van der Waals surface area contributed by atoms with Gasteiger partial charge in [-0.3, -0.25) is 4.79 Å². The molecule has 0 aliphatic carbocycles. The number of hydrogen-bond donors (Lipinski definition) is 2. The van der Waals surface area contributed by atoms with Crippen LogP contribution in [0.5, 0.6) is 5.75 Å². The molecule has 0 radical (unpaired) electrons. The van der Waals surface area contributed by atoms with Gasteiger partial charge < -0.3 is 15.0 Å². The van der Waals surface area contributed by atoms with Crippen LogP contribution in [0.4, 0.5) is 14.5 Å². The molecule has 0 saturated carbocycles. The summed E-state index contributed by atoms with van der Waals surface area (Å²) in [5.74, 6) is 0.00223. The van der Waals surface area contributed by atoms with Gasteiger partial charge in [0.05, 0.1) is 7.05 Å². The number of hydrogen-bond acceptors (Lipinski definition) is 2.